The van der Waals surface area contributed by atoms with Gasteiger partial charge in [0, 0.05) is 29.1 Å². The summed E-state index contributed by atoms with van der Waals surface area (Å²) in [6.07, 6.45) is -4.40. The van der Waals surface area contributed by atoms with Crippen LogP contribution >= 0.6 is 0 Å². The summed E-state index contributed by atoms with van der Waals surface area (Å²) < 4.78 is 38.2. The lowest BCUT2D eigenvalue weighted by Gasteiger charge is -2.14. The van der Waals surface area contributed by atoms with Crippen molar-refractivity contribution in [2.45, 2.75) is 12.7 Å². The van der Waals surface area contributed by atoms with Crippen molar-refractivity contribution in [3.05, 3.63) is 65.7 Å². The highest BCUT2D eigenvalue weighted by atomic mass is 19.4. The maximum absolute atomic E-state index is 12.7. The van der Waals surface area contributed by atoms with Gasteiger partial charge < -0.3 is 16.8 Å². The van der Waals surface area contributed by atoms with Crippen molar-refractivity contribution in [3.63, 3.8) is 0 Å². The lowest BCUT2D eigenvalue weighted by Crippen LogP contribution is -2.14. The van der Waals surface area contributed by atoms with E-state index in [9.17, 15) is 18.0 Å². The summed E-state index contributed by atoms with van der Waals surface area (Å²) in [5, 5.41) is 2.98. The van der Waals surface area contributed by atoms with Crippen LogP contribution in [0.3, 0.4) is 0 Å². The van der Waals surface area contributed by atoms with E-state index < -0.39 is 17.6 Å². The molecule has 0 fully saturated rings. The van der Waals surface area contributed by atoms with Crippen molar-refractivity contribution in [2.24, 2.45) is 5.73 Å². The monoisotopic (exact) mass is 335 g/mol. The van der Waals surface area contributed by atoms with Crippen LogP contribution in [0.25, 0.3) is 5.57 Å². The molecule has 2 aromatic carbocycles. The zero-order valence-corrected chi connectivity index (χ0v) is 12.7. The molecule has 0 spiro atoms. The Bertz CT molecular complexity index is 785. The minimum absolute atomic E-state index is 0.0637. The topological polar surface area (TPSA) is 81.1 Å². The van der Waals surface area contributed by atoms with Crippen molar-refractivity contribution in [1.82, 2.24) is 0 Å². The Hall–Kier alpha value is -2.96. The fourth-order valence-corrected chi connectivity index (χ4v) is 2.15. The van der Waals surface area contributed by atoms with E-state index in [1.165, 1.54) is 12.1 Å². The van der Waals surface area contributed by atoms with E-state index in [1.807, 2.05) is 0 Å². The molecule has 0 atom stereocenters. The number of amides is 1. The highest BCUT2D eigenvalue weighted by molar-refractivity contribution is 6.19. The van der Waals surface area contributed by atoms with Crippen LogP contribution in [-0.2, 0) is 17.5 Å². The maximum atomic E-state index is 12.7. The predicted molar refractivity (Wildman–Crippen MR) is 87.9 cm³/mol. The number of hydrogen-bond donors (Lipinski definition) is 3. The van der Waals surface area contributed by atoms with Crippen LogP contribution in [-0.4, -0.2) is 5.91 Å². The number of primary amides is 1. The van der Waals surface area contributed by atoms with Gasteiger partial charge in [-0.25, -0.2) is 0 Å². The average molecular weight is 335 g/mol. The molecule has 0 aliphatic carbocycles. The molecule has 0 aromatic heterocycles. The molecular weight excluding hydrogens is 319 g/mol. The van der Waals surface area contributed by atoms with Crippen LogP contribution in [0.4, 0.5) is 24.5 Å². The Labute approximate surface area is 137 Å². The van der Waals surface area contributed by atoms with Gasteiger partial charge in [0.2, 0.25) is 5.91 Å². The number of carbonyl (C=O) groups excluding carboxylic acids is 1. The SMILES string of the molecule is C=C(C(N)=O)c1cc(N)ccc1NCc1cccc(C(F)(F)F)c1. The zero-order chi connectivity index (χ0) is 17.9. The van der Waals surface area contributed by atoms with E-state index in [1.54, 1.807) is 18.2 Å². The summed E-state index contributed by atoms with van der Waals surface area (Å²) in [6, 6.07) is 9.73. The van der Waals surface area contributed by atoms with E-state index in [0.717, 1.165) is 12.1 Å². The largest absolute Gasteiger partial charge is 0.416 e. The number of hydrogen-bond acceptors (Lipinski definition) is 3. The van der Waals surface area contributed by atoms with Gasteiger partial charge in [-0.3, -0.25) is 4.79 Å². The van der Waals surface area contributed by atoms with Gasteiger partial charge in [-0.15, -0.1) is 0 Å². The third-order valence-electron chi connectivity index (χ3n) is 3.40. The number of anilines is 2. The lowest BCUT2D eigenvalue weighted by atomic mass is 10.0. The maximum Gasteiger partial charge on any atom is 0.416 e. The van der Waals surface area contributed by atoms with Crippen LogP contribution in [0, 0.1) is 0 Å². The minimum Gasteiger partial charge on any atom is -0.399 e. The van der Waals surface area contributed by atoms with Gasteiger partial charge in [0.1, 0.15) is 0 Å². The van der Waals surface area contributed by atoms with E-state index in [4.69, 9.17) is 11.5 Å². The molecule has 4 nitrogen and oxygen atoms in total. The Kier molecular flexibility index (Phi) is 4.82. The third-order valence-corrected chi connectivity index (χ3v) is 3.40. The summed E-state index contributed by atoms with van der Waals surface area (Å²) in [4.78, 5) is 11.3. The standard InChI is InChI=1S/C17H16F3N3O/c1-10(16(22)24)14-8-13(21)5-6-15(14)23-9-11-3-2-4-12(7-11)17(18,19)20/h2-8,23H,1,9,21H2,(H2,22,24). The molecule has 1 amide bonds. The second-order valence-electron chi connectivity index (χ2n) is 5.20. The second-order valence-corrected chi connectivity index (χ2v) is 5.20. The quantitative estimate of drug-likeness (QED) is 0.579. The van der Waals surface area contributed by atoms with Gasteiger partial charge in [0.15, 0.2) is 0 Å². The Morgan fingerprint density at radius 2 is 1.88 bits per heavy atom. The predicted octanol–water partition coefficient (Wildman–Crippen LogP) is 3.40. The highest BCUT2D eigenvalue weighted by Crippen LogP contribution is 2.30. The third kappa shape index (κ3) is 4.07. The summed E-state index contributed by atoms with van der Waals surface area (Å²) >= 11 is 0. The molecule has 0 aliphatic rings. The van der Waals surface area contributed by atoms with Crippen LogP contribution in [0.5, 0.6) is 0 Å². The molecule has 0 radical (unpaired) electrons. The van der Waals surface area contributed by atoms with Gasteiger partial charge in [0.05, 0.1) is 5.56 Å². The summed E-state index contributed by atoms with van der Waals surface area (Å²) in [5.74, 6) is -0.706. The van der Waals surface area contributed by atoms with Crippen LogP contribution in [0.15, 0.2) is 49.0 Å². The first-order valence-electron chi connectivity index (χ1n) is 6.97. The first-order chi connectivity index (χ1) is 11.2. The lowest BCUT2D eigenvalue weighted by molar-refractivity contribution is -0.137. The average Bonchev–Trinajstić information content (AvgIpc) is 2.52. The van der Waals surface area contributed by atoms with Gasteiger partial charge >= 0.3 is 6.18 Å². The van der Waals surface area contributed by atoms with E-state index in [2.05, 4.69) is 11.9 Å². The summed E-state index contributed by atoms with van der Waals surface area (Å²) in [7, 11) is 0. The summed E-state index contributed by atoms with van der Waals surface area (Å²) in [6.45, 7) is 3.74. The van der Waals surface area contributed by atoms with E-state index in [0.29, 0.717) is 22.5 Å². The molecular formula is C17H16F3N3O. The normalized spacial score (nSPS) is 11.1. The van der Waals surface area contributed by atoms with Crippen molar-refractivity contribution >= 4 is 22.9 Å². The molecule has 0 saturated heterocycles. The van der Waals surface area contributed by atoms with Crippen LogP contribution in [0.1, 0.15) is 16.7 Å². The van der Waals surface area contributed by atoms with Crippen LogP contribution < -0.4 is 16.8 Å². The minimum atomic E-state index is -4.40. The van der Waals surface area contributed by atoms with E-state index in [-0.39, 0.29) is 12.1 Å². The van der Waals surface area contributed by atoms with Gasteiger partial charge in [-0.1, -0.05) is 18.7 Å². The zero-order valence-electron chi connectivity index (χ0n) is 12.7. The number of halogens is 3. The number of nitrogen functional groups attached to an aromatic ring is 1. The fourth-order valence-electron chi connectivity index (χ4n) is 2.15. The number of benzene rings is 2. The smallest absolute Gasteiger partial charge is 0.399 e. The molecule has 0 heterocycles. The Balaban J connectivity index is 2.24. The summed E-state index contributed by atoms with van der Waals surface area (Å²) in [5.41, 5.74) is 12.0. The number of alkyl halides is 3. The molecule has 24 heavy (non-hydrogen) atoms. The number of nitrogens with one attached hydrogen (secondary N) is 1. The molecule has 0 bridgehead atoms. The second kappa shape index (κ2) is 6.66. The molecule has 0 saturated carbocycles. The van der Waals surface area contributed by atoms with Crippen molar-refractivity contribution in [3.8, 4) is 0 Å². The van der Waals surface area contributed by atoms with Gasteiger partial charge in [-0.05, 0) is 35.9 Å². The fraction of sp³-hybridized carbons (Fsp3) is 0.118. The first-order valence-corrected chi connectivity index (χ1v) is 6.97. The molecule has 2 rings (SSSR count). The van der Waals surface area contributed by atoms with Crippen molar-refractivity contribution < 1.29 is 18.0 Å². The van der Waals surface area contributed by atoms with Gasteiger partial charge in [-0.2, -0.15) is 13.2 Å². The van der Waals surface area contributed by atoms with Crippen molar-refractivity contribution in [2.75, 3.05) is 11.1 Å². The Morgan fingerprint density at radius 3 is 2.50 bits per heavy atom. The molecule has 2 aromatic rings. The molecule has 5 N–H and O–H groups in total. The number of nitrogens with two attached hydrogens (primary N) is 2. The van der Waals surface area contributed by atoms with Crippen molar-refractivity contribution in [1.29, 1.82) is 0 Å². The van der Waals surface area contributed by atoms with Crippen LogP contribution in [0.2, 0.25) is 0 Å². The molecule has 7 heteroatoms. The number of carbonyl (C=O) groups is 1. The van der Waals surface area contributed by atoms with E-state index >= 15 is 0 Å². The van der Waals surface area contributed by atoms with Gasteiger partial charge in [0.25, 0.3) is 0 Å². The first kappa shape index (κ1) is 17.4. The Morgan fingerprint density at radius 1 is 1.17 bits per heavy atom. The molecule has 126 valence electrons. The highest BCUT2D eigenvalue weighted by Gasteiger charge is 2.30. The number of rotatable bonds is 5. The molecule has 0 unspecified atom stereocenters. The molecule has 0 aliphatic heterocycles.